The minimum Gasteiger partial charge on any atom is -0.478 e. The summed E-state index contributed by atoms with van der Waals surface area (Å²) in [5.74, 6) is -2.51. The smallest absolute Gasteiger partial charge is 0.328 e. The number of benzene rings is 1. The monoisotopic (exact) mass is 342 g/mol. The lowest BCUT2D eigenvalue weighted by Gasteiger charge is -2.13. The Kier molecular flexibility index (Phi) is 9.25. The summed E-state index contributed by atoms with van der Waals surface area (Å²) in [4.78, 5) is 23.2. The molecule has 2 rings (SSSR count). The molecule has 0 aliphatic rings. The van der Waals surface area contributed by atoms with Crippen molar-refractivity contribution in [1.29, 1.82) is 0 Å². The predicted molar refractivity (Wildman–Crippen MR) is 95.1 cm³/mol. The van der Waals surface area contributed by atoms with Crippen molar-refractivity contribution >= 4 is 11.9 Å². The van der Waals surface area contributed by atoms with Gasteiger partial charge < -0.3 is 15.5 Å². The SMILES string of the molecule is CC(Cc1ccccc1)NCc1cccnc1.O=C(O)/C=C/C(=O)O. The van der Waals surface area contributed by atoms with E-state index in [9.17, 15) is 9.59 Å². The summed E-state index contributed by atoms with van der Waals surface area (Å²) in [6.07, 6.45) is 5.88. The molecule has 0 saturated carbocycles. The Morgan fingerprint density at radius 2 is 1.64 bits per heavy atom. The highest BCUT2D eigenvalue weighted by Gasteiger charge is 2.02. The molecule has 25 heavy (non-hydrogen) atoms. The van der Waals surface area contributed by atoms with Gasteiger partial charge in [0.05, 0.1) is 0 Å². The van der Waals surface area contributed by atoms with Gasteiger partial charge in [-0.2, -0.15) is 0 Å². The summed E-state index contributed by atoms with van der Waals surface area (Å²) in [6.45, 7) is 3.09. The molecule has 1 aromatic heterocycles. The number of carboxylic acid groups (broad SMARTS) is 2. The Morgan fingerprint density at radius 1 is 1.04 bits per heavy atom. The van der Waals surface area contributed by atoms with Gasteiger partial charge in [0.2, 0.25) is 0 Å². The second kappa shape index (κ2) is 11.5. The van der Waals surface area contributed by atoms with Gasteiger partial charge in [0.15, 0.2) is 0 Å². The summed E-state index contributed by atoms with van der Waals surface area (Å²) in [7, 11) is 0. The minimum atomic E-state index is -1.26. The van der Waals surface area contributed by atoms with Crippen LogP contribution in [0.15, 0.2) is 67.0 Å². The van der Waals surface area contributed by atoms with E-state index in [4.69, 9.17) is 10.2 Å². The Hall–Kier alpha value is -2.99. The number of rotatable bonds is 7. The molecule has 0 spiro atoms. The van der Waals surface area contributed by atoms with E-state index in [1.54, 1.807) is 6.20 Å². The largest absolute Gasteiger partial charge is 0.478 e. The lowest BCUT2D eigenvalue weighted by atomic mass is 10.1. The van der Waals surface area contributed by atoms with Crippen LogP contribution in [-0.4, -0.2) is 33.2 Å². The molecular formula is C19H22N2O4. The average molecular weight is 342 g/mol. The van der Waals surface area contributed by atoms with Gasteiger partial charge in [-0.15, -0.1) is 0 Å². The molecule has 1 atom stereocenters. The highest BCUT2D eigenvalue weighted by Crippen LogP contribution is 2.03. The molecule has 0 fully saturated rings. The maximum Gasteiger partial charge on any atom is 0.328 e. The number of pyridine rings is 1. The van der Waals surface area contributed by atoms with E-state index >= 15 is 0 Å². The van der Waals surface area contributed by atoms with E-state index < -0.39 is 11.9 Å². The third kappa shape index (κ3) is 10.4. The molecule has 1 heterocycles. The standard InChI is InChI=1S/C15H18N2.C4H4O4/c1-13(10-14-6-3-2-4-7-14)17-12-15-8-5-9-16-11-15;5-3(6)1-2-4(7)8/h2-9,11,13,17H,10,12H2,1H3;1-2H,(H,5,6)(H,7,8)/b;2-1+. The topological polar surface area (TPSA) is 99.5 Å². The first kappa shape index (κ1) is 20.1. The highest BCUT2D eigenvalue weighted by atomic mass is 16.4. The number of aliphatic carboxylic acids is 2. The Labute approximate surface area is 146 Å². The summed E-state index contributed by atoms with van der Waals surface area (Å²) >= 11 is 0. The van der Waals surface area contributed by atoms with Crippen LogP contribution in [0.2, 0.25) is 0 Å². The normalized spacial score (nSPS) is 11.4. The second-order valence-electron chi connectivity index (χ2n) is 5.34. The number of aromatic nitrogens is 1. The van der Waals surface area contributed by atoms with Crippen LogP contribution in [0.1, 0.15) is 18.1 Å². The first-order valence-corrected chi connectivity index (χ1v) is 7.77. The van der Waals surface area contributed by atoms with Crippen molar-refractivity contribution in [2.45, 2.75) is 25.9 Å². The van der Waals surface area contributed by atoms with Crippen LogP contribution in [0, 0.1) is 0 Å². The summed E-state index contributed by atoms with van der Waals surface area (Å²) < 4.78 is 0. The van der Waals surface area contributed by atoms with Crippen molar-refractivity contribution in [2.75, 3.05) is 0 Å². The van der Waals surface area contributed by atoms with E-state index in [1.165, 1.54) is 11.1 Å². The lowest BCUT2D eigenvalue weighted by molar-refractivity contribution is -0.134. The predicted octanol–water partition coefficient (Wildman–Crippen LogP) is 2.51. The van der Waals surface area contributed by atoms with Gasteiger partial charge >= 0.3 is 11.9 Å². The van der Waals surface area contributed by atoms with Crippen LogP contribution in [0.3, 0.4) is 0 Å². The Bertz CT molecular complexity index is 656. The maximum absolute atomic E-state index is 9.55. The summed E-state index contributed by atoms with van der Waals surface area (Å²) in [6, 6.07) is 15.1. The van der Waals surface area contributed by atoms with Gasteiger partial charge in [0.25, 0.3) is 0 Å². The molecule has 0 aliphatic heterocycles. The van der Waals surface area contributed by atoms with Crippen LogP contribution < -0.4 is 5.32 Å². The summed E-state index contributed by atoms with van der Waals surface area (Å²) in [5.41, 5.74) is 2.60. The van der Waals surface area contributed by atoms with E-state index in [0.717, 1.165) is 13.0 Å². The first-order valence-electron chi connectivity index (χ1n) is 7.77. The van der Waals surface area contributed by atoms with Gasteiger partial charge in [0, 0.05) is 37.1 Å². The molecule has 1 unspecified atom stereocenters. The molecule has 0 amide bonds. The van der Waals surface area contributed by atoms with Crippen LogP contribution in [0.25, 0.3) is 0 Å². The van der Waals surface area contributed by atoms with Gasteiger partial charge in [-0.3, -0.25) is 4.98 Å². The molecule has 6 heteroatoms. The van der Waals surface area contributed by atoms with Crippen LogP contribution in [0.4, 0.5) is 0 Å². The lowest BCUT2D eigenvalue weighted by Crippen LogP contribution is -2.27. The fourth-order valence-corrected chi connectivity index (χ4v) is 1.98. The Balaban J connectivity index is 0.000000333. The zero-order valence-corrected chi connectivity index (χ0v) is 14.0. The fourth-order valence-electron chi connectivity index (χ4n) is 1.98. The average Bonchev–Trinajstić information content (AvgIpc) is 2.60. The van der Waals surface area contributed by atoms with E-state index in [-0.39, 0.29) is 0 Å². The molecule has 6 nitrogen and oxygen atoms in total. The molecule has 0 radical (unpaired) electrons. The van der Waals surface area contributed by atoms with Gasteiger partial charge in [-0.1, -0.05) is 36.4 Å². The molecule has 0 saturated heterocycles. The van der Waals surface area contributed by atoms with Crippen molar-refractivity contribution in [1.82, 2.24) is 10.3 Å². The molecule has 2 aromatic rings. The van der Waals surface area contributed by atoms with Crippen molar-refractivity contribution in [3.05, 3.63) is 78.1 Å². The van der Waals surface area contributed by atoms with Crippen molar-refractivity contribution in [2.24, 2.45) is 0 Å². The van der Waals surface area contributed by atoms with Crippen molar-refractivity contribution in [3.8, 4) is 0 Å². The van der Waals surface area contributed by atoms with Crippen LogP contribution in [0.5, 0.6) is 0 Å². The fraction of sp³-hybridized carbons (Fsp3) is 0.211. The third-order valence-electron chi connectivity index (χ3n) is 3.13. The first-order chi connectivity index (χ1) is 12.0. The highest BCUT2D eigenvalue weighted by molar-refractivity contribution is 5.89. The van der Waals surface area contributed by atoms with Crippen LogP contribution in [-0.2, 0) is 22.6 Å². The maximum atomic E-state index is 9.55. The zero-order valence-electron chi connectivity index (χ0n) is 14.0. The number of nitrogens with one attached hydrogen (secondary N) is 1. The molecule has 0 aliphatic carbocycles. The van der Waals surface area contributed by atoms with E-state index in [0.29, 0.717) is 18.2 Å². The third-order valence-corrected chi connectivity index (χ3v) is 3.13. The molecule has 0 bridgehead atoms. The van der Waals surface area contributed by atoms with Crippen LogP contribution >= 0.6 is 0 Å². The number of nitrogens with zero attached hydrogens (tertiary/aromatic N) is 1. The molecular weight excluding hydrogens is 320 g/mol. The number of carbonyl (C=O) groups is 2. The second-order valence-corrected chi connectivity index (χ2v) is 5.34. The Morgan fingerprint density at radius 3 is 2.16 bits per heavy atom. The van der Waals surface area contributed by atoms with Crippen molar-refractivity contribution in [3.63, 3.8) is 0 Å². The zero-order chi connectivity index (χ0) is 18.5. The van der Waals surface area contributed by atoms with E-state index in [1.807, 2.05) is 12.3 Å². The summed E-state index contributed by atoms with van der Waals surface area (Å²) in [5, 5.41) is 19.1. The van der Waals surface area contributed by atoms with E-state index in [2.05, 4.69) is 53.6 Å². The molecule has 3 N–H and O–H groups in total. The number of carboxylic acids is 2. The van der Waals surface area contributed by atoms with Gasteiger partial charge in [-0.05, 0) is 30.5 Å². The van der Waals surface area contributed by atoms with Crippen molar-refractivity contribution < 1.29 is 19.8 Å². The van der Waals surface area contributed by atoms with Gasteiger partial charge in [0.1, 0.15) is 0 Å². The van der Waals surface area contributed by atoms with Gasteiger partial charge in [-0.25, -0.2) is 9.59 Å². The number of hydrogen-bond donors (Lipinski definition) is 3. The minimum absolute atomic E-state index is 0.470. The number of hydrogen-bond acceptors (Lipinski definition) is 4. The molecule has 132 valence electrons. The quantitative estimate of drug-likeness (QED) is 0.669. The molecule has 1 aromatic carbocycles.